The molecular weight excluding hydrogens is 252 g/mol. The molecule has 20 heavy (non-hydrogen) atoms. The van der Waals surface area contributed by atoms with Crippen LogP contribution in [0, 0.1) is 5.92 Å². The molecule has 0 saturated heterocycles. The van der Waals surface area contributed by atoms with Crippen LogP contribution in [0.2, 0.25) is 0 Å². The molecule has 2 atom stereocenters. The Balaban J connectivity index is 1.88. The Kier molecular flexibility index (Phi) is 5.01. The smallest absolute Gasteiger partial charge is 0.225 e. The van der Waals surface area contributed by atoms with E-state index in [-0.39, 0.29) is 24.0 Å². The molecule has 0 bridgehead atoms. The number of amides is 1. The van der Waals surface area contributed by atoms with Crippen molar-refractivity contribution in [3.63, 3.8) is 0 Å². The Morgan fingerprint density at radius 3 is 2.95 bits per heavy atom. The van der Waals surface area contributed by atoms with Crippen molar-refractivity contribution in [3.05, 3.63) is 29.8 Å². The number of benzene rings is 1. The average Bonchev–Trinajstić information content (AvgIpc) is 2.42. The molecule has 0 radical (unpaired) electrons. The molecule has 1 aliphatic rings. The van der Waals surface area contributed by atoms with E-state index in [1.807, 2.05) is 26.0 Å². The van der Waals surface area contributed by atoms with Gasteiger partial charge in [-0.05, 0) is 38.8 Å². The van der Waals surface area contributed by atoms with Gasteiger partial charge in [0.1, 0.15) is 0 Å². The lowest BCUT2D eigenvalue weighted by molar-refractivity contribution is -0.125. The molecule has 1 amide bonds. The van der Waals surface area contributed by atoms with E-state index in [4.69, 9.17) is 4.74 Å². The van der Waals surface area contributed by atoms with Crippen molar-refractivity contribution in [1.29, 1.82) is 0 Å². The number of hydrogen-bond donors (Lipinski definition) is 2. The first-order valence-electron chi connectivity index (χ1n) is 7.31. The Morgan fingerprint density at radius 1 is 1.45 bits per heavy atom. The molecule has 0 aromatic heterocycles. The monoisotopic (exact) mass is 276 g/mol. The number of anilines is 1. The Labute approximate surface area is 120 Å². The molecule has 1 aromatic carbocycles. The third-order valence-electron chi connectivity index (χ3n) is 3.63. The number of carbonyl (C=O) groups excluding carboxylic acids is 1. The molecule has 4 nitrogen and oxygen atoms in total. The highest BCUT2D eigenvalue weighted by Crippen LogP contribution is 2.28. The van der Waals surface area contributed by atoms with Gasteiger partial charge in [-0.1, -0.05) is 18.2 Å². The predicted octanol–water partition coefficient (Wildman–Crippen LogP) is 2.20. The quantitative estimate of drug-likeness (QED) is 0.811. The van der Waals surface area contributed by atoms with E-state index in [1.165, 1.54) is 5.56 Å². The second-order valence-electron chi connectivity index (χ2n) is 5.61. The van der Waals surface area contributed by atoms with E-state index in [0.717, 1.165) is 12.1 Å². The summed E-state index contributed by atoms with van der Waals surface area (Å²) in [6.45, 7) is 7.18. The van der Waals surface area contributed by atoms with Crippen LogP contribution >= 0.6 is 0 Å². The van der Waals surface area contributed by atoms with Crippen molar-refractivity contribution in [3.8, 4) is 0 Å². The van der Waals surface area contributed by atoms with Gasteiger partial charge in [0, 0.05) is 18.3 Å². The normalized spacial score (nSPS) is 21.2. The van der Waals surface area contributed by atoms with Gasteiger partial charge >= 0.3 is 0 Å². The molecule has 2 unspecified atom stereocenters. The number of rotatable bonds is 5. The SMILES string of the molecule is CC(C)OCCNC(=O)C1Cc2ccccc2NC1C. The molecule has 110 valence electrons. The van der Waals surface area contributed by atoms with Crippen LogP contribution in [0.1, 0.15) is 26.3 Å². The highest BCUT2D eigenvalue weighted by atomic mass is 16.5. The third-order valence-corrected chi connectivity index (χ3v) is 3.63. The molecule has 0 saturated carbocycles. The molecule has 2 rings (SSSR count). The predicted molar refractivity (Wildman–Crippen MR) is 80.8 cm³/mol. The number of ether oxygens (including phenoxy) is 1. The minimum Gasteiger partial charge on any atom is -0.382 e. The van der Waals surface area contributed by atoms with E-state index in [2.05, 4.69) is 29.7 Å². The van der Waals surface area contributed by atoms with Crippen LogP contribution in [0.4, 0.5) is 5.69 Å². The maximum absolute atomic E-state index is 12.3. The summed E-state index contributed by atoms with van der Waals surface area (Å²) in [4.78, 5) is 12.3. The molecule has 1 heterocycles. The van der Waals surface area contributed by atoms with Gasteiger partial charge in [-0.15, -0.1) is 0 Å². The number of para-hydroxylation sites is 1. The number of carbonyl (C=O) groups is 1. The Bertz CT molecular complexity index is 460. The maximum atomic E-state index is 12.3. The first kappa shape index (κ1) is 14.9. The minimum atomic E-state index is -0.0241. The van der Waals surface area contributed by atoms with Gasteiger partial charge in [-0.3, -0.25) is 4.79 Å². The second kappa shape index (κ2) is 6.75. The summed E-state index contributed by atoms with van der Waals surface area (Å²) >= 11 is 0. The van der Waals surface area contributed by atoms with Gasteiger partial charge in [0.25, 0.3) is 0 Å². The summed E-state index contributed by atoms with van der Waals surface area (Å²) < 4.78 is 5.43. The minimum absolute atomic E-state index is 0.0241. The van der Waals surface area contributed by atoms with Crippen molar-refractivity contribution in [2.24, 2.45) is 5.92 Å². The Morgan fingerprint density at radius 2 is 2.20 bits per heavy atom. The molecule has 0 aliphatic carbocycles. The second-order valence-corrected chi connectivity index (χ2v) is 5.61. The van der Waals surface area contributed by atoms with Crippen LogP contribution in [0.5, 0.6) is 0 Å². The average molecular weight is 276 g/mol. The van der Waals surface area contributed by atoms with Crippen LogP contribution in [0.25, 0.3) is 0 Å². The van der Waals surface area contributed by atoms with Crippen molar-refractivity contribution in [2.75, 3.05) is 18.5 Å². The molecular formula is C16H24N2O2. The van der Waals surface area contributed by atoms with E-state index in [9.17, 15) is 4.79 Å². The summed E-state index contributed by atoms with van der Waals surface area (Å²) in [5, 5.41) is 6.37. The number of nitrogens with one attached hydrogen (secondary N) is 2. The van der Waals surface area contributed by atoms with E-state index >= 15 is 0 Å². The lowest BCUT2D eigenvalue weighted by Crippen LogP contribution is -2.44. The van der Waals surface area contributed by atoms with E-state index in [0.29, 0.717) is 13.2 Å². The van der Waals surface area contributed by atoms with Crippen LogP contribution in [0.3, 0.4) is 0 Å². The van der Waals surface area contributed by atoms with Crippen molar-refractivity contribution >= 4 is 11.6 Å². The van der Waals surface area contributed by atoms with E-state index < -0.39 is 0 Å². The van der Waals surface area contributed by atoms with Gasteiger partial charge in [-0.25, -0.2) is 0 Å². The van der Waals surface area contributed by atoms with Crippen molar-refractivity contribution in [1.82, 2.24) is 5.32 Å². The van der Waals surface area contributed by atoms with Crippen LogP contribution < -0.4 is 10.6 Å². The third kappa shape index (κ3) is 3.73. The van der Waals surface area contributed by atoms with Gasteiger partial charge < -0.3 is 15.4 Å². The maximum Gasteiger partial charge on any atom is 0.225 e. The van der Waals surface area contributed by atoms with Crippen LogP contribution in [-0.2, 0) is 16.0 Å². The van der Waals surface area contributed by atoms with E-state index in [1.54, 1.807) is 0 Å². The lowest BCUT2D eigenvalue weighted by Gasteiger charge is -2.31. The van der Waals surface area contributed by atoms with Gasteiger partial charge in [0.15, 0.2) is 0 Å². The first-order valence-corrected chi connectivity index (χ1v) is 7.31. The molecule has 4 heteroatoms. The molecule has 1 aromatic rings. The van der Waals surface area contributed by atoms with Gasteiger partial charge in [-0.2, -0.15) is 0 Å². The van der Waals surface area contributed by atoms with Gasteiger partial charge in [0.2, 0.25) is 5.91 Å². The van der Waals surface area contributed by atoms with Gasteiger partial charge in [0.05, 0.1) is 18.6 Å². The standard InChI is InChI=1S/C16H24N2O2/c1-11(2)20-9-8-17-16(19)14-10-13-6-4-5-7-15(13)18-12(14)3/h4-7,11-12,14,18H,8-10H2,1-3H3,(H,17,19). The summed E-state index contributed by atoms with van der Waals surface area (Å²) in [6, 6.07) is 8.33. The summed E-state index contributed by atoms with van der Waals surface area (Å²) in [5.41, 5.74) is 2.36. The van der Waals surface area contributed by atoms with Crippen molar-refractivity contribution in [2.45, 2.75) is 39.3 Å². The zero-order valence-electron chi connectivity index (χ0n) is 12.5. The fourth-order valence-corrected chi connectivity index (χ4v) is 2.52. The molecule has 1 aliphatic heterocycles. The largest absolute Gasteiger partial charge is 0.382 e. The number of hydrogen-bond acceptors (Lipinski definition) is 3. The van der Waals surface area contributed by atoms with Crippen molar-refractivity contribution < 1.29 is 9.53 Å². The lowest BCUT2D eigenvalue weighted by atomic mass is 9.87. The summed E-state index contributed by atoms with van der Waals surface area (Å²) in [7, 11) is 0. The Hall–Kier alpha value is -1.55. The number of fused-ring (bicyclic) bond motifs is 1. The summed E-state index contributed by atoms with van der Waals surface area (Å²) in [5.74, 6) is 0.0795. The zero-order valence-corrected chi connectivity index (χ0v) is 12.5. The molecule has 2 N–H and O–H groups in total. The summed E-state index contributed by atoms with van der Waals surface area (Å²) in [6.07, 6.45) is 0.996. The molecule has 0 fully saturated rings. The van der Waals surface area contributed by atoms with Crippen LogP contribution in [0.15, 0.2) is 24.3 Å². The highest BCUT2D eigenvalue weighted by molar-refractivity contribution is 5.81. The zero-order chi connectivity index (χ0) is 14.5. The fourth-order valence-electron chi connectivity index (χ4n) is 2.52. The van der Waals surface area contributed by atoms with Crippen LogP contribution in [-0.4, -0.2) is 31.2 Å². The molecule has 0 spiro atoms. The highest BCUT2D eigenvalue weighted by Gasteiger charge is 2.29. The fraction of sp³-hybridized carbons (Fsp3) is 0.562. The topological polar surface area (TPSA) is 50.4 Å². The first-order chi connectivity index (χ1) is 9.58.